The zero-order valence-corrected chi connectivity index (χ0v) is 13.5. The molecule has 2 aromatic rings. The lowest BCUT2D eigenvalue weighted by atomic mass is 10.2. The summed E-state index contributed by atoms with van der Waals surface area (Å²) in [6.07, 6.45) is 5.93. The van der Waals surface area contributed by atoms with Gasteiger partial charge in [-0.2, -0.15) is 0 Å². The van der Waals surface area contributed by atoms with Crippen LogP contribution in [0.3, 0.4) is 0 Å². The zero-order valence-electron chi connectivity index (χ0n) is 12.7. The van der Waals surface area contributed by atoms with Crippen LogP contribution < -0.4 is 5.32 Å². The fourth-order valence-corrected chi connectivity index (χ4v) is 3.28. The van der Waals surface area contributed by atoms with E-state index in [1.807, 2.05) is 42.1 Å². The largest absolute Gasteiger partial charge is 0.352 e. The Bertz CT molecular complexity index is 686. The predicted molar refractivity (Wildman–Crippen MR) is 86.5 cm³/mol. The Morgan fingerprint density at radius 3 is 2.68 bits per heavy atom. The molecule has 0 aromatic carbocycles. The second kappa shape index (κ2) is 5.96. The van der Waals surface area contributed by atoms with Gasteiger partial charge in [0.25, 0.3) is 5.91 Å². The van der Waals surface area contributed by atoms with E-state index in [4.69, 9.17) is 0 Å². The molecule has 0 aliphatic heterocycles. The summed E-state index contributed by atoms with van der Waals surface area (Å²) < 4.78 is 1.93. The summed E-state index contributed by atoms with van der Waals surface area (Å²) in [5.41, 5.74) is 0.639. The third-order valence-corrected chi connectivity index (χ3v) is 4.64. The molecule has 1 fully saturated rings. The first-order chi connectivity index (χ1) is 10.5. The predicted octanol–water partition coefficient (Wildman–Crippen LogP) is 2.20. The van der Waals surface area contributed by atoms with Gasteiger partial charge in [0, 0.05) is 30.4 Å². The van der Waals surface area contributed by atoms with Gasteiger partial charge in [0.05, 0.1) is 12.1 Å². The molecule has 1 aliphatic carbocycles. The third kappa shape index (κ3) is 3.22. The minimum atomic E-state index is -0.126. The molecule has 3 rings (SSSR count). The minimum Gasteiger partial charge on any atom is -0.352 e. The van der Waals surface area contributed by atoms with Crippen LogP contribution in [0, 0.1) is 6.92 Å². The number of likely N-dealkylation sites (N-methyl/N-ethyl adjacent to an activating group) is 1. The highest BCUT2D eigenvalue weighted by Gasteiger charge is 2.25. The highest BCUT2D eigenvalue weighted by molar-refractivity contribution is 7.14. The van der Waals surface area contributed by atoms with E-state index >= 15 is 0 Å². The SMILES string of the molecule is Cc1cc(C(=O)N(C)CC(=O)NC2CC2)c(-n2cccc2)s1. The molecule has 0 atom stereocenters. The van der Waals surface area contributed by atoms with Gasteiger partial charge in [-0.05, 0) is 38.0 Å². The van der Waals surface area contributed by atoms with Crippen molar-refractivity contribution < 1.29 is 9.59 Å². The van der Waals surface area contributed by atoms with Gasteiger partial charge in [0.2, 0.25) is 5.91 Å². The van der Waals surface area contributed by atoms with Gasteiger partial charge in [0.15, 0.2) is 0 Å². The number of aryl methyl sites for hydroxylation is 1. The molecule has 5 nitrogen and oxygen atoms in total. The second-order valence-electron chi connectivity index (χ2n) is 5.67. The lowest BCUT2D eigenvalue weighted by Gasteiger charge is -2.17. The first kappa shape index (κ1) is 14.8. The van der Waals surface area contributed by atoms with Crippen molar-refractivity contribution in [2.75, 3.05) is 13.6 Å². The van der Waals surface area contributed by atoms with E-state index in [0.29, 0.717) is 11.6 Å². The van der Waals surface area contributed by atoms with Gasteiger partial charge in [-0.3, -0.25) is 9.59 Å². The number of carbonyl (C=O) groups is 2. The Morgan fingerprint density at radius 1 is 1.36 bits per heavy atom. The smallest absolute Gasteiger partial charge is 0.257 e. The van der Waals surface area contributed by atoms with E-state index in [-0.39, 0.29) is 18.4 Å². The van der Waals surface area contributed by atoms with Crippen LogP contribution in [0.5, 0.6) is 0 Å². The van der Waals surface area contributed by atoms with E-state index in [2.05, 4.69) is 5.32 Å². The van der Waals surface area contributed by atoms with E-state index in [0.717, 1.165) is 22.7 Å². The Morgan fingerprint density at radius 2 is 2.05 bits per heavy atom. The molecule has 0 saturated heterocycles. The van der Waals surface area contributed by atoms with Crippen LogP contribution in [-0.2, 0) is 4.79 Å². The first-order valence-electron chi connectivity index (χ1n) is 7.33. The van der Waals surface area contributed by atoms with Crippen LogP contribution in [0.15, 0.2) is 30.6 Å². The molecule has 1 saturated carbocycles. The number of amides is 2. The van der Waals surface area contributed by atoms with Crippen LogP contribution >= 0.6 is 11.3 Å². The average Bonchev–Trinajstić information content (AvgIpc) is 2.99. The number of rotatable bonds is 5. The number of nitrogens with one attached hydrogen (secondary N) is 1. The number of aromatic nitrogens is 1. The fraction of sp³-hybridized carbons (Fsp3) is 0.375. The van der Waals surface area contributed by atoms with Gasteiger partial charge < -0.3 is 14.8 Å². The Balaban J connectivity index is 1.75. The average molecular weight is 317 g/mol. The minimum absolute atomic E-state index is 0.0900. The number of thiophene rings is 1. The lowest BCUT2D eigenvalue weighted by Crippen LogP contribution is -2.39. The van der Waals surface area contributed by atoms with Crippen molar-refractivity contribution >= 4 is 23.2 Å². The van der Waals surface area contributed by atoms with Crippen molar-refractivity contribution in [2.24, 2.45) is 0 Å². The second-order valence-corrected chi connectivity index (χ2v) is 6.90. The molecular formula is C16H19N3O2S. The molecule has 0 bridgehead atoms. The van der Waals surface area contributed by atoms with Gasteiger partial charge in [0.1, 0.15) is 5.00 Å². The molecule has 6 heteroatoms. The Kier molecular flexibility index (Phi) is 4.02. The molecule has 2 amide bonds. The Hall–Kier alpha value is -2.08. The highest BCUT2D eigenvalue weighted by atomic mass is 32.1. The molecule has 1 N–H and O–H groups in total. The van der Waals surface area contributed by atoms with Crippen LogP contribution in [0.2, 0.25) is 0 Å². The summed E-state index contributed by atoms with van der Waals surface area (Å²) >= 11 is 1.57. The Labute approximate surface area is 133 Å². The maximum absolute atomic E-state index is 12.7. The molecule has 2 heterocycles. The van der Waals surface area contributed by atoms with Crippen LogP contribution in [0.1, 0.15) is 28.1 Å². The normalized spacial score (nSPS) is 13.9. The van der Waals surface area contributed by atoms with Gasteiger partial charge >= 0.3 is 0 Å². The summed E-state index contributed by atoms with van der Waals surface area (Å²) in [7, 11) is 1.67. The van der Waals surface area contributed by atoms with E-state index in [1.54, 1.807) is 18.4 Å². The van der Waals surface area contributed by atoms with Crippen molar-refractivity contribution in [1.29, 1.82) is 0 Å². The van der Waals surface area contributed by atoms with Crippen molar-refractivity contribution in [3.63, 3.8) is 0 Å². The van der Waals surface area contributed by atoms with Crippen LogP contribution in [-0.4, -0.2) is 40.9 Å². The monoisotopic (exact) mass is 317 g/mol. The topological polar surface area (TPSA) is 54.3 Å². The number of nitrogens with zero attached hydrogens (tertiary/aromatic N) is 2. The van der Waals surface area contributed by atoms with Crippen LogP contribution in [0.25, 0.3) is 5.00 Å². The third-order valence-electron chi connectivity index (χ3n) is 3.57. The molecule has 2 aromatic heterocycles. The van der Waals surface area contributed by atoms with Crippen molar-refractivity contribution in [3.05, 3.63) is 41.0 Å². The summed E-state index contributed by atoms with van der Waals surface area (Å²) in [6.45, 7) is 2.07. The summed E-state index contributed by atoms with van der Waals surface area (Å²) in [6, 6.07) is 6.05. The van der Waals surface area contributed by atoms with Crippen molar-refractivity contribution in [3.8, 4) is 5.00 Å². The molecular weight excluding hydrogens is 298 g/mol. The summed E-state index contributed by atoms with van der Waals surface area (Å²) in [5.74, 6) is -0.216. The first-order valence-corrected chi connectivity index (χ1v) is 8.15. The number of hydrogen-bond acceptors (Lipinski definition) is 3. The van der Waals surface area contributed by atoms with Crippen molar-refractivity contribution in [2.45, 2.75) is 25.8 Å². The molecule has 0 unspecified atom stereocenters. The number of carbonyl (C=O) groups excluding carboxylic acids is 2. The van der Waals surface area contributed by atoms with E-state index < -0.39 is 0 Å². The summed E-state index contributed by atoms with van der Waals surface area (Å²) in [5, 5.41) is 3.79. The van der Waals surface area contributed by atoms with E-state index in [9.17, 15) is 9.59 Å². The lowest BCUT2D eigenvalue weighted by molar-refractivity contribution is -0.121. The maximum atomic E-state index is 12.7. The molecule has 22 heavy (non-hydrogen) atoms. The fourth-order valence-electron chi connectivity index (χ4n) is 2.31. The molecule has 116 valence electrons. The van der Waals surface area contributed by atoms with Crippen molar-refractivity contribution in [1.82, 2.24) is 14.8 Å². The molecule has 1 aliphatic rings. The van der Waals surface area contributed by atoms with Gasteiger partial charge in [-0.25, -0.2) is 0 Å². The molecule has 0 radical (unpaired) electrons. The van der Waals surface area contributed by atoms with Gasteiger partial charge in [-0.15, -0.1) is 11.3 Å². The van der Waals surface area contributed by atoms with Gasteiger partial charge in [-0.1, -0.05) is 0 Å². The standard InChI is InChI=1S/C16H19N3O2S/c1-11-9-13(16(22-11)19-7-3-4-8-19)15(21)18(2)10-14(20)17-12-5-6-12/h3-4,7-9,12H,5-6,10H2,1-2H3,(H,17,20). The quantitative estimate of drug-likeness (QED) is 0.919. The summed E-state index contributed by atoms with van der Waals surface area (Å²) in [4.78, 5) is 27.1. The van der Waals surface area contributed by atoms with Crippen LogP contribution in [0.4, 0.5) is 0 Å². The number of hydrogen-bond donors (Lipinski definition) is 1. The van der Waals surface area contributed by atoms with E-state index in [1.165, 1.54) is 4.90 Å². The zero-order chi connectivity index (χ0) is 15.7. The highest BCUT2D eigenvalue weighted by Crippen LogP contribution is 2.27. The molecule has 0 spiro atoms. The maximum Gasteiger partial charge on any atom is 0.257 e.